The van der Waals surface area contributed by atoms with Gasteiger partial charge in [0.25, 0.3) is 0 Å². The highest BCUT2D eigenvalue weighted by molar-refractivity contribution is 4.95. The number of hydrogen-bond acceptors (Lipinski definition) is 4. The third-order valence-electron chi connectivity index (χ3n) is 2.11. The molecular weight excluding hydrogens is 201 g/mol. The second kappa shape index (κ2) is 3.34. The molecule has 3 N–H and O–H groups in total. The highest BCUT2D eigenvalue weighted by atomic mass is 19.4. The molecule has 0 aromatic carbocycles. The standard InChI is InChI=1S/C7H13F3N2O2/c1-4(2)12-3-6(13,14)5(11-12)7(8,9)10/h4-5,11,13-14H,3H2,1-2H3. The number of nitrogens with zero attached hydrogens (tertiary/aromatic N) is 1. The van der Waals surface area contributed by atoms with E-state index in [1.165, 1.54) is 0 Å². The molecule has 0 aromatic rings. The second-order valence-electron chi connectivity index (χ2n) is 3.70. The van der Waals surface area contributed by atoms with Crippen molar-refractivity contribution < 1.29 is 23.4 Å². The summed E-state index contributed by atoms with van der Waals surface area (Å²) < 4.78 is 36.9. The summed E-state index contributed by atoms with van der Waals surface area (Å²) >= 11 is 0. The third-order valence-corrected chi connectivity index (χ3v) is 2.11. The number of nitrogens with one attached hydrogen (secondary N) is 1. The number of hydrogen-bond donors (Lipinski definition) is 3. The Morgan fingerprint density at radius 2 is 1.93 bits per heavy atom. The van der Waals surface area contributed by atoms with Crippen LogP contribution in [0.1, 0.15) is 13.8 Å². The van der Waals surface area contributed by atoms with E-state index in [-0.39, 0.29) is 6.04 Å². The summed E-state index contributed by atoms with van der Waals surface area (Å²) in [5, 5.41) is 19.4. The lowest BCUT2D eigenvalue weighted by Gasteiger charge is -2.24. The number of halogens is 3. The molecule has 0 spiro atoms. The molecule has 1 heterocycles. The number of aliphatic hydroxyl groups is 2. The van der Waals surface area contributed by atoms with Gasteiger partial charge in [0, 0.05) is 6.04 Å². The van der Waals surface area contributed by atoms with Crippen molar-refractivity contribution in [3.63, 3.8) is 0 Å². The van der Waals surface area contributed by atoms with Crippen LogP contribution in [0.25, 0.3) is 0 Å². The zero-order valence-corrected chi connectivity index (χ0v) is 7.84. The van der Waals surface area contributed by atoms with E-state index in [9.17, 15) is 13.2 Å². The molecule has 0 amide bonds. The normalized spacial score (nSPS) is 28.7. The van der Waals surface area contributed by atoms with Crippen LogP contribution in [-0.2, 0) is 0 Å². The first-order valence-electron chi connectivity index (χ1n) is 4.19. The van der Waals surface area contributed by atoms with Crippen molar-refractivity contribution in [2.45, 2.75) is 37.9 Å². The minimum absolute atomic E-state index is 0.235. The van der Waals surface area contributed by atoms with E-state index in [0.717, 1.165) is 5.01 Å². The van der Waals surface area contributed by atoms with E-state index in [4.69, 9.17) is 10.2 Å². The van der Waals surface area contributed by atoms with Crippen molar-refractivity contribution in [3.05, 3.63) is 0 Å². The lowest BCUT2D eigenvalue weighted by Crippen LogP contribution is -2.53. The van der Waals surface area contributed by atoms with Crippen LogP contribution in [0.15, 0.2) is 0 Å². The first kappa shape index (κ1) is 11.7. The quantitative estimate of drug-likeness (QED) is 0.530. The summed E-state index contributed by atoms with van der Waals surface area (Å²) in [5.74, 6) is -2.76. The van der Waals surface area contributed by atoms with Gasteiger partial charge < -0.3 is 10.2 Å². The molecule has 7 heteroatoms. The second-order valence-corrected chi connectivity index (χ2v) is 3.70. The maximum absolute atomic E-state index is 12.3. The lowest BCUT2D eigenvalue weighted by molar-refractivity contribution is -0.248. The SMILES string of the molecule is CC(C)N1CC(O)(O)C(C(F)(F)F)N1. The Morgan fingerprint density at radius 1 is 1.43 bits per heavy atom. The average molecular weight is 214 g/mol. The van der Waals surface area contributed by atoms with E-state index in [0.29, 0.717) is 0 Å². The van der Waals surface area contributed by atoms with Crippen molar-refractivity contribution in [2.24, 2.45) is 0 Å². The average Bonchev–Trinajstić information content (AvgIpc) is 2.24. The molecule has 1 atom stereocenters. The van der Waals surface area contributed by atoms with Gasteiger partial charge in [-0.2, -0.15) is 13.2 Å². The highest BCUT2D eigenvalue weighted by Crippen LogP contribution is 2.31. The molecule has 0 radical (unpaired) electrons. The van der Waals surface area contributed by atoms with Crippen LogP contribution < -0.4 is 5.43 Å². The van der Waals surface area contributed by atoms with E-state index in [1.807, 2.05) is 5.43 Å². The summed E-state index contributed by atoms with van der Waals surface area (Å²) in [7, 11) is 0. The molecule has 1 fully saturated rings. The van der Waals surface area contributed by atoms with Crippen LogP contribution in [0, 0.1) is 0 Å². The van der Waals surface area contributed by atoms with Gasteiger partial charge in [-0.05, 0) is 13.8 Å². The Balaban J connectivity index is 2.79. The van der Waals surface area contributed by atoms with E-state index >= 15 is 0 Å². The van der Waals surface area contributed by atoms with E-state index in [1.54, 1.807) is 13.8 Å². The van der Waals surface area contributed by atoms with Crippen molar-refractivity contribution in [2.75, 3.05) is 6.54 Å². The van der Waals surface area contributed by atoms with Crippen molar-refractivity contribution in [1.29, 1.82) is 0 Å². The van der Waals surface area contributed by atoms with E-state index < -0.39 is 24.6 Å². The van der Waals surface area contributed by atoms with Crippen LogP contribution in [0.5, 0.6) is 0 Å². The first-order chi connectivity index (χ1) is 6.14. The molecular formula is C7H13F3N2O2. The third kappa shape index (κ3) is 2.17. The van der Waals surface area contributed by atoms with Crippen molar-refractivity contribution in [1.82, 2.24) is 10.4 Å². The van der Waals surface area contributed by atoms with Gasteiger partial charge in [0.1, 0.15) is 0 Å². The number of alkyl halides is 3. The molecule has 1 aliphatic rings. The van der Waals surface area contributed by atoms with Crippen LogP contribution >= 0.6 is 0 Å². The first-order valence-corrected chi connectivity index (χ1v) is 4.19. The van der Waals surface area contributed by atoms with Gasteiger partial charge in [-0.25, -0.2) is 10.4 Å². The Labute approximate surface area is 79.3 Å². The molecule has 1 rings (SSSR count). The predicted molar refractivity (Wildman–Crippen MR) is 42.0 cm³/mol. The highest BCUT2D eigenvalue weighted by Gasteiger charge is 2.58. The lowest BCUT2D eigenvalue weighted by atomic mass is 10.1. The smallest absolute Gasteiger partial charge is 0.363 e. The molecule has 4 nitrogen and oxygen atoms in total. The summed E-state index contributed by atoms with van der Waals surface area (Å²) in [4.78, 5) is 0. The zero-order valence-electron chi connectivity index (χ0n) is 7.84. The fourth-order valence-corrected chi connectivity index (χ4v) is 1.32. The van der Waals surface area contributed by atoms with Gasteiger partial charge in [-0.3, -0.25) is 0 Å². The van der Waals surface area contributed by atoms with Crippen molar-refractivity contribution in [3.8, 4) is 0 Å². The summed E-state index contributed by atoms with van der Waals surface area (Å²) in [5.41, 5.74) is 2.03. The molecule has 0 aromatic heterocycles. The van der Waals surface area contributed by atoms with Crippen LogP contribution in [-0.4, -0.2) is 45.8 Å². The predicted octanol–water partition coefficient (Wildman–Crippen LogP) is -0.173. The summed E-state index contributed by atoms with van der Waals surface area (Å²) in [6.45, 7) is 2.85. The van der Waals surface area contributed by atoms with Gasteiger partial charge in [-0.15, -0.1) is 0 Å². The van der Waals surface area contributed by atoms with Gasteiger partial charge in [0.15, 0.2) is 6.04 Å². The monoisotopic (exact) mass is 214 g/mol. The number of rotatable bonds is 1. The molecule has 0 bridgehead atoms. The Bertz CT molecular complexity index is 217. The molecule has 1 unspecified atom stereocenters. The fraction of sp³-hybridized carbons (Fsp3) is 1.00. The minimum Gasteiger partial charge on any atom is -0.363 e. The summed E-state index contributed by atoms with van der Waals surface area (Å²) in [6, 6.07) is -2.56. The van der Waals surface area contributed by atoms with Crippen LogP contribution in [0.2, 0.25) is 0 Å². The number of β-amino-alcohol motifs (C(OH)–C–C–N with tert-alkyl or cyclic N) is 2. The molecule has 0 aliphatic carbocycles. The Morgan fingerprint density at radius 3 is 2.14 bits per heavy atom. The van der Waals surface area contributed by atoms with Gasteiger partial charge in [-0.1, -0.05) is 0 Å². The molecule has 1 aliphatic heterocycles. The molecule has 84 valence electrons. The topological polar surface area (TPSA) is 55.7 Å². The molecule has 1 saturated heterocycles. The molecule has 14 heavy (non-hydrogen) atoms. The minimum atomic E-state index is -4.67. The van der Waals surface area contributed by atoms with Gasteiger partial charge in [0.05, 0.1) is 6.54 Å². The van der Waals surface area contributed by atoms with Crippen LogP contribution in [0.4, 0.5) is 13.2 Å². The summed E-state index contributed by atoms with van der Waals surface area (Å²) in [6.07, 6.45) is -4.67. The Hall–Kier alpha value is -0.370. The number of hydrazine groups is 1. The van der Waals surface area contributed by atoms with Gasteiger partial charge in [0.2, 0.25) is 5.79 Å². The Kier molecular flexibility index (Phi) is 2.79. The van der Waals surface area contributed by atoms with E-state index in [2.05, 4.69) is 0 Å². The zero-order chi connectivity index (χ0) is 11.1. The fourth-order valence-electron chi connectivity index (χ4n) is 1.32. The van der Waals surface area contributed by atoms with Gasteiger partial charge >= 0.3 is 6.18 Å². The van der Waals surface area contributed by atoms with Crippen LogP contribution in [0.3, 0.4) is 0 Å². The maximum Gasteiger partial charge on any atom is 0.410 e. The maximum atomic E-state index is 12.3. The largest absolute Gasteiger partial charge is 0.410 e. The molecule has 0 saturated carbocycles. The van der Waals surface area contributed by atoms with Crippen molar-refractivity contribution >= 4 is 0 Å².